The van der Waals surface area contributed by atoms with E-state index in [1.165, 1.54) is 0 Å². The molecule has 0 bridgehead atoms. The van der Waals surface area contributed by atoms with Crippen LogP contribution in [0.1, 0.15) is 25.8 Å². The minimum Gasteiger partial charge on any atom is -0.384 e. The van der Waals surface area contributed by atoms with Crippen molar-refractivity contribution in [2.75, 3.05) is 6.54 Å². The van der Waals surface area contributed by atoms with Gasteiger partial charge >= 0.3 is 0 Å². The lowest BCUT2D eigenvalue weighted by molar-refractivity contribution is 0.0538. The first-order valence-electron chi connectivity index (χ1n) is 6.90. The maximum atomic E-state index is 10.5. The molecule has 2 aromatic heterocycles. The van der Waals surface area contributed by atoms with Gasteiger partial charge in [-0.3, -0.25) is 9.36 Å². The zero-order chi connectivity index (χ0) is 14.6. The van der Waals surface area contributed by atoms with E-state index in [0.29, 0.717) is 12.6 Å². The van der Waals surface area contributed by atoms with Gasteiger partial charge in [0, 0.05) is 50.3 Å². The molecule has 20 heavy (non-hydrogen) atoms. The van der Waals surface area contributed by atoms with Crippen LogP contribution in [-0.2, 0) is 19.2 Å². The van der Waals surface area contributed by atoms with Gasteiger partial charge in [-0.1, -0.05) is 0 Å². The summed E-state index contributed by atoms with van der Waals surface area (Å²) in [5.74, 6) is 0. The van der Waals surface area contributed by atoms with Gasteiger partial charge in [-0.15, -0.1) is 0 Å². The van der Waals surface area contributed by atoms with Crippen LogP contribution in [0.2, 0.25) is 0 Å². The third-order valence-electron chi connectivity index (χ3n) is 3.47. The minimum absolute atomic E-state index is 0.308. The van der Waals surface area contributed by atoms with Gasteiger partial charge < -0.3 is 10.4 Å². The van der Waals surface area contributed by atoms with Crippen LogP contribution in [0.5, 0.6) is 0 Å². The van der Waals surface area contributed by atoms with E-state index >= 15 is 0 Å². The summed E-state index contributed by atoms with van der Waals surface area (Å²) in [7, 11) is 1.85. The first-order chi connectivity index (χ1) is 9.47. The molecule has 2 rings (SSSR count). The highest BCUT2D eigenvalue weighted by Crippen LogP contribution is 2.18. The molecule has 0 aliphatic heterocycles. The van der Waals surface area contributed by atoms with E-state index in [4.69, 9.17) is 0 Å². The zero-order valence-electron chi connectivity index (χ0n) is 12.3. The smallest absolute Gasteiger partial charge is 0.102 e. The highest BCUT2D eigenvalue weighted by Gasteiger charge is 2.24. The first-order valence-corrected chi connectivity index (χ1v) is 6.90. The number of nitrogens with zero attached hydrogens (tertiary/aromatic N) is 4. The number of hydrogen-bond donors (Lipinski definition) is 2. The van der Waals surface area contributed by atoms with Crippen molar-refractivity contribution < 1.29 is 5.11 Å². The van der Waals surface area contributed by atoms with E-state index in [-0.39, 0.29) is 0 Å². The number of aryl methyl sites for hydroxylation is 2. The summed E-state index contributed by atoms with van der Waals surface area (Å²) in [6.45, 7) is 5.29. The molecule has 2 atom stereocenters. The molecular weight excluding hydrogens is 254 g/mol. The van der Waals surface area contributed by atoms with Crippen molar-refractivity contribution in [2.45, 2.75) is 38.5 Å². The van der Waals surface area contributed by atoms with E-state index < -0.39 is 5.60 Å². The molecule has 2 heterocycles. The fourth-order valence-electron chi connectivity index (χ4n) is 2.04. The molecule has 0 spiro atoms. The van der Waals surface area contributed by atoms with Gasteiger partial charge in [-0.25, -0.2) is 0 Å². The maximum Gasteiger partial charge on any atom is 0.102 e. The first kappa shape index (κ1) is 14.7. The molecule has 6 nitrogen and oxygen atoms in total. The van der Waals surface area contributed by atoms with Gasteiger partial charge in [0.05, 0.1) is 6.20 Å². The van der Waals surface area contributed by atoms with Gasteiger partial charge in [-0.05, 0) is 26.3 Å². The third-order valence-corrected chi connectivity index (χ3v) is 3.47. The van der Waals surface area contributed by atoms with Crippen molar-refractivity contribution in [3.63, 3.8) is 0 Å². The van der Waals surface area contributed by atoms with Crippen LogP contribution in [0.25, 0.3) is 0 Å². The zero-order valence-corrected chi connectivity index (χ0v) is 12.3. The van der Waals surface area contributed by atoms with Crippen LogP contribution >= 0.6 is 0 Å². The van der Waals surface area contributed by atoms with E-state index in [1.807, 2.05) is 30.2 Å². The molecule has 0 amide bonds. The summed E-state index contributed by atoms with van der Waals surface area (Å²) in [5.41, 5.74) is -0.0828. The normalized spacial score (nSPS) is 16.0. The SMILES string of the molecule is CC(CCn1cccn1)NCC(C)(O)c1cnn(C)c1. The average molecular weight is 277 g/mol. The summed E-state index contributed by atoms with van der Waals surface area (Å²) in [6, 6.07) is 2.23. The second kappa shape index (κ2) is 6.19. The number of rotatable bonds is 7. The van der Waals surface area contributed by atoms with Crippen molar-refractivity contribution in [1.29, 1.82) is 0 Å². The van der Waals surface area contributed by atoms with Crippen molar-refractivity contribution in [1.82, 2.24) is 24.9 Å². The summed E-state index contributed by atoms with van der Waals surface area (Å²) in [6.07, 6.45) is 8.25. The average Bonchev–Trinajstić information content (AvgIpc) is 3.05. The molecule has 2 unspecified atom stereocenters. The summed E-state index contributed by atoms with van der Waals surface area (Å²) in [4.78, 5) is 0. The van der Waals surface area contributed by atoms with E-state index in [0.717, 1.165) is 18.5 Å². The van der Waals surface area contributed by atoms with Crippen molar-refractivity contribution in [3.8, 4) is 0 Å². The van der Waals surface area contributed by atoms with Crippen LogP contribution in [0, 0.1) is 0 Å². The third kappa shape index (κ3) is 3.91. The van der Waals surface area contributed by atoms with Gasteiger partial charge in [0.2, 0.25) is 0 Å². The second-order valence-corrected chi connectivity index (χ2v) is 5.52. The predicted octanol–water partition coefficient (Wildman–Crippen LogP) is 0.892. The number of aromatic nitrogens is 4. The standard InChI is InChI=1S/C14H23N5O/c1-12(5-8-19-7-4-6-16-19)15-11-14(2,20)13-9-17-18(3)10-13/h4,6-7,9-10,12,15,20H,5,8,11H2,1-3H3. The molecule has 0 aromatic carbocycles. The van der Waals surface area contributed by atoms with Gasteiger partial charge in [0.25, 0.3) is 0 Å². The molecule has 0 saturated heterocycles. The largest absolute Gasteiger partial charge is 0.384 e. The van der Waals surface area contributed by atoms with Crippen LogP contribution in [-0.4, -0.2) is 37.3 Å². The molecule has 2 N–H and O–H groups in total. The maximum absolute atomic E-state index is 10.5. The van der Waals surface area contributed by atoms with Crippen molar-refractivity contribution >= 4 is 0 Å². The van der Waals surface area contributed by atoms with E-state index in [2.05, 4.69) is 22.4 Å². The van der Waals surface area contributed by atoms with E-state index in [1.54, 1.807) is 24.0 Å². The van der Waals surface area contributed by atoms with Crippen LogP contribution in [0.3, 0.4) is 0 Å². The predicted molar refractivity (Wildman–Crippen MR) is 77.1 cm³/mol. The Morgan fingerprint density at radius 2 is 2.25 bits per heavy atom. The topological polar surface area (TPSA) is 67.9 Å². The Kier molecular flexibility index (Phi) is 4.57. The Labute approximate surface area is 119 Å². The Hall–Kier alpha value is -1.66. The highest BCUT2D eigenvalue weighted by molar-refractivity contribution is 5.14. The second-order valence-electron chi connectivity index (χ2n) is 5.52. The fraction of sp³-hybridized carbons (Fsp3) is 0.571. The van der Waals surface area contributed by atoms with Crippen LogP contribution < -0.4 is 5.32 Å². The number of nitrogens with one attached hydrogen (secondary N) is 1. The quantitative estimate of drug-likeness (QED) is 0.789. The Balaban J connectivity index is 1.78. The van der Waals surface area contributed by atoms with Crippen molar-refractivity contribution in [2.24, 2.45) is 7.05 Å². The molecule has 0 radical (unpaired) electrons. The molecule has 110 valence electrons. The summed E-state index contributed by atoms with van der Waals surface area (Å²) in [5, 5.41) is 22.1. The molecule has 6 heteroatoms. The fourth-order valence-corrected chi connectivity index (χ4v) is 2.04. The Morgan fingerprint density at radius 1 is 1.45 bits per heavy atom. The molecule has 0 saturated carbocycles. The Morgan fingerprint density at radius 3 is 2.85 bits per heavy atom. The molecule has 0 aliphatic rings. The van der Waals surface area contributed by atoms with E-state index in [9.17, 15) is 5.11 Å². The monoisotopic (exact) mass is 277 g/mol. The van der Waals surface area contributed by atoms with Gasteiger partial charge in [0.15, 0.2) is 0 Å². The Bertz CT molecular complexity index is 517. The lowest BCUT2D eigenvalue weighted by Gasteiger charge is -2.25. The van der Waals surface area contributed by atoms with Gasteiger partial charge in [-0.2, -0.15) is 10.2 Å². The lowest BCUT2D eigenvalue weighted by Crippen LogP contribution is -2.40. The van der Waals surface area contributed by atoms with Crippen LogP contribution in [0.4, 0.5) is 0 Å². The van der Waals surface area contributed by atoms with Gasteiger partial charge in [0.1, 0.15) is 5.60 Å². The highest BCUT2D eigenvalue weighted by atomic mass is 16.3. The molecule has 0 fully saturated rings. The molecule has 2 aromatic rings. The molecular formula is C14H23N5O. The van der Waals surface area contributed by atoms with Crippen LogP contribution in [0.15, 0.2) is 30.9 Å². The number of aliphatic hydroxyl groups is 1. The molecule has 0 aliphatic carbocycles. The summed E-state index contributed by atoms with van der Waals surface area (Å²) >= 11 is 0. The summed E-state index contributed by atoms with van der Waals surface area (Å²) < 4.78 is 3.61. The number of hydrogen-bond acceptors (Lipinski definition) is 4. The lowest BCUT2D eigenvalue weighted by atomic mass is 9.99. The minimum atomic E-state index is -0.909. The van der Waals surface area contributed by atoms with Crippen molar-refractivity contribution in [3.05, 3.63) is 36.4 Å².